The van der Waals surface area contributed by atoms with Crippen LogP contribution in [0.1, 0.15) is 18.3 Å². The fourth-order valence-electron chi connectivity index (χ4n) is 0.857. The first-order valence-corrected chi connectivity index (χ1v) is 4.16. The summed E-state index contributed by atoms with van der Waals surface area (Å²) in [6.45, 7) is 5.57. The second-order valence-corrected chi connectivity index (χ2v) is 2.65. The van der Waals surface area contributed by atoms with Crippen LogP contribution in [-0.4, -0.2) is 16.6 Å². The van der Waals surface area contributed by atoms with Gasteiger partial charge in [-0.3, -0.25) is 0 Å². The molecule has 15 heavy (non-hydrogen) atoms. The molecule has 0 aliphatic rings. The van der Waals surface area contributed by atoms with Crippen molar-refractivity contribution in [2.75, 3.05) is 6.61 Å². The van der Waals surface area contributed by atoms with Crippen LogP contribution in [0.4, 0.5) is 13.2 Å². The highest BCUT2D eigenvalue weighted by Crippen LogP contribution is 2.28. The predicted octanol–water partition coefficient (Wildman–Crippen LogP) is 2.50. The van der Waals surface area contributed by atoms with E-state index in [0.29, 0.717) is 19.0 Å². The number of halogens is 3. The van der Waals surface area contributed by atoms with Crippen LogP contribution in [0.5, 0.6) is 0 Å². The van der Waals surface area contributed by atoms with Crippen LogP contribution in [0.15, 0.2) is 19.0 Å². The van der Waals surface area contributed by atoms with Crippen LogP contribution in [0.2, 0.25) is 0 Å². The summed E-state index contributed by atoms with van der Waals surface area (Å²) in [5.41, 5.74) is -0.893. The lowest BCUT2D eigenvalue weighted by Crippen LogP contribution is -2.07. The summed E-state index contributed by atoms with van der Waals surface area (Å²) < 4.78 is 41.4. The molecule has 3 nitrogen and oxygen atoms in total. The van der Waals surface area contributed by atoms with Gasteiger partial charge in [0.1, 0.15) is 0 Å². The van der Waals surface area contributed by atoms with E-state index >= 15 is 0 Å². The first-order valence-electron chi connectivity index (χ1n) is 4.16. The monoisotopic (exact) mass is 218 g/mol. The maximum Gasteiger partial charge on any atom is 0.419 e. The van der Waals surface area contributed by atoms with Gasteiger partial charge in [0.25, 0.3) is 0 Å². The van der Waals surface area contributed by atoms with Crippen LogP contribution in [0, 0.1) is 0 Å². The number of nitrogens with zero attached hydrogens (tertiary/aromatic N) is 2. The molecule has 0 saturated carbocycles. The van der Waals surface area contributed by atoms with E-state index in [1.807, 2.05) is 0 Å². The summed E-state index contributed by atoms with van der Waals surface area (Å²) in [5, 5.41) is 0. The van der Waals surface area contributed by atoms with E-state index in [1.165, 1.54) is 0 Å². The largest absolute Gasteiger partial charge is 0.491 e. The van der Waals surface area contributed by atoms with Gasteiger partial charge in [0, 0.05) is 12.4 Å². The maximum absolute atomic E-state index is 12.1. The third kappa shape index (κ3) is 2.93. The Kier molecular flexibility index (Phi) is 3.28. The van der Waals surface area contributed by atoms with Gasteiger partial charge in [0.15, 0.2) is 11.6 Å². The van der Waals surface area contributed by atoms with Gasteiger partial charge in [-0.1, -0.05) is 6.58 Å². The summed E-state index contributed by atoms with van der Waals surface area (Å²) in [7, 11) is 0. The van der Waals surface area contributed by atoms with Crippen molar-refractivity contribution in [1.82, 2.24) is 9.97 Å². The summed E-state index contributed by atoms with van der Waals surface area (Å²) in [4.78, 5) is 7.02. The minimum atomic E-state index is -4.43. The number of ether oxygens (including phenoxy) is 1. The Morgan fingerprint density at radius 2 is 1.93 bits per heavy atom. The molecule has 1 heterocycles. The minimum Gasteiger partial charge on any atom is -0.491 e. The standard InChI is InChI=1S/C9H9F3N2O/c1-3-15-6(2)8-13-4-7(5-14-8)9(10,11)12/h4-5H,2-3H2,1H3. The topological polar surface area (TPSA) is 35.0 Å². The van der Waals surface area contributed by atoms with Gasteiger partial charge >= 0.3 is 6.18 Å². The van der Waals surface area contributed by atoms with Crippen molar-refractivity contribution in [1.29, 1.82) is 0 Å². The molecule has 0 atom stereocenters. The molecule has 0 aromatic carbocycles. The van der Waals surface area contributed by atoms with Gasteiger partial charge in [-0.25, -0.2) is 9.97 Å². The summed E-state index contributed by atoms with van der Waals surface area (Å²) in [6, 6.07) is 0. The fraction of sp³-hybridized carbons (Fsp3) is 0.333. The van der Waals surface area contributed by atoms with Gasteiger partial charge in [-0.2, -0.15) is 13.2 Å². The Morgan fingerprint density at radius 1 is 1.40 bits per heavy atom. The third-order valence-corrected chi connectivity index (χ3v) is 1.55. The van der Waals surface area contributed by atoms with Crippen molar-refractivity contribution in [3.8, 4) is 0 Å². The summed E-state index contributed by atoms with van der Waals surface area (Å²) in [5.74, 6) is 0.219. The Bertz CT molecular complexity index is 345. The minimum absolute atomic E-state index is 0.0600. The van der Waals surface area contributed by atoms with Crippen molar-refractivity contribution in [3.63, 3.8) is 0 Å². The number of rotatable bonds is 3. The van der Waals surface area contributed by atoms with E-state index in [2.05, 4.69) is 16.5 Å². The summed E-state index contributed by atoms with van der Waals surface area (Å²) >= 11 is 0. The lowest BCUT2D eigenvalue weighted by atomic mass is 10.3. The number of hydrogen-bond acceptors (Lipinski definition) is 3. The van der Waals surface area contributed by atoms with Crippen LogP contribution in [0.3, 0.4) is 0 Å². The molecule has 0 radical (unpaired) electrons. The highest BCUT2D eigenvalue weighted by Gasteiger charge is 2.31. The van der Waals surface area contributed by atoms with Gasteiger partial charge in [-0.15, -0.1) is 0 Å². The molecule has 0 unspecified atom stereocenters. The number of hydrogen-bond donors (Lipinski definition) is 0. The molecule has 1 rings (SSSR count). The van der Waals surface area contributed by atoms with E-state index < -0.39 is 11.7 Å². The molecule has 0 fully saturated rings. The van der Waals surface area contributed by atoms with Gasteiger partial charge in [0.05, 0.1) is 12.2 Å². The lowest BCUT2D eigenvalue weighted by molar-refractivity contribution is -0.138. The zero-order valence-electron chi connectivity index (χ0n) is 8.01. The Morgan fingerprint density at radius 3 is 2.33 bits per heavy atom. The maximum atomic E-state index is 12.1. The van der Waals surface area contributed by atoms with Crippen LogP contribution >= 0.6 is 0 Å². The van der Waals surface area contributed by atoms with E-state index in [0.717, 1.165) is 0 Å². The van der Waals surface area contributed by atoms with Crippen molar-refractivity contribution < 1.29 is 17.9 Å². The normalized spacial score (nSPS) is 11.2. The molecular weight excluding hydrogens is 209 g/mol. The van der Waals surface area contributed by atoms with Crippen molar-refractivity contribution in [3.05, 3.63) is 30.4 Å². The van der Waals surface area contributed by atoms with Crippen molar-refractivity contribution in [2.45, 2.75) is 13.1 Å². The smallest absolute Gasteiger partial charge is 0.419 e. The second kappa shape index (κ2) is 4.29. The molecule has 82 valence electrons. The molecule has 1 aromatic rings. The predicted molar refractivity (Wildman–Crippen MR) is 47.7 cm³/mol. The molecule has 6 heteroatoms. The van der Waals surface area contributed by atoms with E-state index in [1.54, 1.807) is 6.92 Å². The second-order valence-electron chi connectivity index (χ2n) is 2.65. The zero-order chi connectivity index (χ0) is 11.5. The van der Waals surface area contributed by atoms with Crippen molar-refractivity contribution >= 4 is 5.76 Å². The molecule has 0 aliphatic heterocycles. The van der Waals surface area contributed by atoms with Crippen LogP contribution < -0.4 is 0 Å². The van der Waals surface area contributed by atoms with E-state index in [9.17, 15) is 13.2 Å². The first kappa shape index (κ1) is 11.5. The van der Waals surface area contributed by atoms with Gasteiger partial charge in [-0.05, 0) is 6.92 Å². The molecule has 0 spiro atoms. The molecule has 0 saturated heterocycles. The summed E-state index contributed by atoms with van der Waals surface area (Å²) in [6.07, 6.45) is -3.02. The van der Waals surface area contributed by atoms with Gasteiger partial charge < -0.3 is 4.74 Å². The van der Waals surface area contributed by atoms with Crippen molar-refractivity contribution in [2.24, 2.45) is 0 Å². The third-order valence-electron chi connectivity index (χ3n) is 1.55. The zero-order valence-corrected chi connectivity index (χ0v) is 8.01. The van der Waals surface area contributed by atoms with E-state index in [-0.39, 0.29) is 11.6 Å². The molecule has 0 aliphatic carbocycles. The first-order chi connectivity index (χ1) is 6.95. The molecule has 0 N–H and O–H groups in total. The van der Waals surface area contributed by atoms with E-state index in [4.69, 9.17) is 4.74 Å². The Labute approximate surface area is 84.6 Å². The number of alkyl halides is 3. The van der Waals surface area contributed by atoms with Crippen LogP contribution in [0.25, 0.3) is 5.76 Å². The highest BCUT2D eigenvalue weighted by molar-refractivity contribution is 5.49. The lowest BCUT2D eigenvalue weighted by Gasteiger charge is -2.07. The highest BCUT2D eigenvalue weighted by atomic mass is 19.4. The quantitative estimate of drug-likeness (QED) is 0.731. The molecular formula is C9H9F3N2O. The molecule has 1 aromatic heterocycles. The Balaban J connectivity index is 2.86. The molecule has 0 amide bonds. The van der Waals surface area contributed by atoms with Crippen LogP contribution in [-0.2, 0) is 10.9 Å². The number of aromatic nitrogens is 2. The SMILES string of the molecule is C=C(OCC)c1ncc(C(F)(F)F)cn1. The average molecular weight is 218 g/mol. The Hall–Kier alpha value is -1.59. The molecule has 0 bridgehead atoms. The van der Waals surface area contributed by atoms with Gasteiger partial charge in [0.2, 0.25) is 0 Å². The fourth-order valence-corrected chi connectivity index (χ4v) is 0.857. The average Bonchev–Trinajstić information content (AvgIpc) is 2.17.